The number of aromatic amines is 1. The van der Waals surface area contributed by atoms with Gasteiger partial charge in [-0.05, 0) is 18.4 Å². The monoisotopic (exact) mass is 434 g/mol. The fourth-order valence-electron chi connectivity index (χ4n) is 3.00. The van der Waals surface area contributed by atoms with Crippen molar-refractivity contribution < 1.29 is 23.9 Å². The summed E-state index contributed by atoms with van der Waals surface area (Å²) in [6.45, 7) is 4.77. The molecule has 11 nitrogen and oxygen atoms in total. The van der Waals surface area contributed by atoms with Crippen molar-refractivity contribution >= 4 is 28.9 Å². The van der Waals surface area contributed by atoms with Crippen molar-refractivity contribution in [1.29, 1.82) is 0 Å². The highest BCUT2D eigenvalue weighted by atomic mass is 16.5. The highest BCUT2D eigenvalue weighted by Gasteiger charge is 2.27. The first kappa shape index (κ1) is 23.8. The van der Waals surface area contributed by atoms with Crippen LogP contribution in [0.1, 0.15) is 49.2 Å². The number of nitrogens with one attached hydrogen (secondary N) is 1. The first-order valence-electron chi connectivity index (χ1n) is 9.75. The molecule has 168 valence electrons. The Morgan fingerprint density at radius 3 is 2.19 bits per heavy atom. The molecule has 0 aromatic carbocycles. The lowest BCUT2D eigenvalue weighted by molar-refractivity contribution is -0.144. The van der Waals surface area contributed by atoms with E-state index in [0.29, 0.717) is 12.1 Å². The number of hydrogen-bond acceptors (Lipinski definition) is 8. The van der Waals surface area contributed by atoms with E-state index in [2.05, 4.69) is 19.4 Å². The summed E-state index contributed by atoms with van der Waals surface area (Å²) in [5.41, 5.74) is -0.947. The molecule has 0 fully saturated rings. The summed E-state index contributed by atoms with van der Waals surface area (Å²) in [6.07, 6.45) is 0.592. The molecule has 31 heavy (non-hydrogen) atoms. The molecule has 2 aromatic rings. The zero-order valence-corrected chi connectivity index (χ0v) is 18.2. The van der Waals surface area contributed by atoms with Crippen LogP contribution in [0.3, 0.4) is 0 Å². The average Bonchev–Trinajstić information content (AvgIpc) is 2.74. The molecular weight excluding hydrogens is 408 g/mol. The van der Waals surface area contributed by atoms with Crippen molar-refractivity contribution in [2.24, 2.45) is 0 Å². The second-order valence-corrected chi connectivity index (χ2v) is 7.17. The van der Waals surface area contributed by atoms with E-state index in [0.717, 1.165) is 19.1 Å². The summed E-state index contributed by atoms with van der Waals surface area (Å²) in [4.78, 5) is 69.7. The minimum Gasteiger partial charge on any atom is -0.468 e. The molecule has 0 atom stereocenters. The minimum atomic E-state index is -0.783. The van der Waals surface area contributed by atoms with Gasteiger partial charge in [0, 0.05) is 12.2 Å². The molecule has 0 aliphatic heterocycles. The lowest BCUT2D eigenvalue weighted by atomic mass is 10.0. The first-order chi connectivity index (χ1) is 14.6. The van der Waals surface area contributed by atoms with Crippen LogP contribution in [0.25, 0.3) is 11.0 Å². The quantitative estimate of drug-likeness (QED) is 0.589. The van der Waals surface area contributed by atoms with E-state index >= 15 is 0 Å². The van der Waals surface area contributed by atoms with Gasteiger partial charge in [0.1, 0.15) is 13.1 Å². The maximum absolute atomic E-state index is 13.4. The smallest absolute Gasteiger partial charge is 0.329 e. The molecular formula is C20H26N4O7. The SMILES string of the molecule is CCCn1c(=O)[nH]c(=O)c2c(C(=O)N(CC(=O)OC)CC(=O)OC)cc(C(C)C)nc21. The number of carbonyl (C=O) groups excluding carboxylic acids is 3. The predicted octanol–water partition coefficient (Wildman–Crippen LogP) is 0.406. The van der Waals surface area contributed by atoms with Gasteiger partial charge in [0.05, 0.1) is 25.2 Å². The highest BCUT2D eigenvalue weighted by molar-refractivity contribution is 6.06. The van der Waals surface area contributed by atoms with Gasteiger partial charge >= 0.3 is 17.6 Å². The Morgan fingerprint density at radius 2 is 1.71 bits per heavy atom. The van der Waals surface area contributed by atoms with E-state index in [9.17, 15) is 24.0 Å². The van der Waals surface area contributed by atoms with Crippen molar-refractivity contribution in [3.63, 3.8) is 0 Å². The maximum Gasteiger partial charge on any atom is 0.329 e. The van der Waals surface area contributed by atoms with Gasteiger partial charge in [-0.2, -0.15) is 0 Å². The van der Waals surface area contributed by atoms with Gasteiger partial charge in [-0.25, -0.2) is 9.78 Å². The number of carbonyl (C=O) groups is 3. The molecule has 0 bridgehead atoms. The largest absolute Gasteiger partial charge is 0.468 e. The summed E-state index contributed by atoms with van der Waals surface area (Å²) in [7, 11) is 2.30. The predicted molar refractivity (Wildman–Crippen MR) is 111 cm³/mol. The normalized spacial score (nSPS) is 10.9. The second-order valence-electron chi connectivity index (χ2n) is 7.17. The molecule has 0 aliphatic carbocycles. The van der Waals surface area contributed by atoms with E-state index in [4.69, 9.17) is 0 Å². The molecule has 1 N–H and O–H groups in total. The Bertz CT molecular complexity index is 1100. The van der Waals surface area contributed by atoms with E-state index in [-0.39, 0.29) is 29.1 Å². The Morgan fingerprint density at radius 1 is 1.13 bits per heavy atom. The third-order valence-corrected chi connectivity index (χ3v) is 4.62. The molecule has 2 aromatic heterocycles. The van der Waals surface area contributed by atoms with Gasteiger partial charge in [0.25, 0.3) is 11.5 Å². The van der Waals surface area contributed by atoms with Crippen LogP contribution >= 0.6 is 0 Å². The molecule has 2 rings (SSSR count). The number of esters is 2. The van der Waals surface area contributed by atoms with E-state index in [1.165, 1.54) is 10.6 Å². The van der Waals surface area contributed by atoms with Gasteiger partial charge in [0.2, 0.25) is 0 Å². The van der Waals surface area contributed by atoms with Crippen LogP contribution in [0, 0.1) is 0 Å². The van der Waals surface area contributed by atoms with E-state index in [1.54, 1.807) is 0 Å². The molecule has 11 heteroatoms. The van der Waals surface area contributed by atoms with Crippen LogP contribution in [0.5, 0.6) is 0 Å². The van der Waals surface area contributed by atoms with Gasteiger partial charge in [-0.1, -0.05) is 20.8 Å². The van der Waals surface area contributed by atoms with Gasteiger partial charge in [-0.3, -0.25) is 28.7 Å². The van der Waals surface area contributed by atoms with Crippen molar-refractivity contribution in [2.75, 3.05) is 27.3 Å². The number of hydrogen-bond donors (Lipinski definition) is 1. The Labute approximate surface area is 178 Å². The number of ether oxygens (including phenoxy) is 2. The lowest BCUT2D eigenvalue weighted by Crippen LogP contribution is -2.41. The summed E-state index contributed by atoms with van der Waals surface area (Å²) < 4.78 is 10.5. The van der Waals surface area contributed by atoms with Gasteiger partial charge in [0.15, 0.2) is 5.65 Å². The number of methoxy groups -OCH3 is 2. The minimum absolute atomic E-state index is 0.0706. The standard InChI is InChI=1S/C20H26N4O7/c1-6-7-24-17-16(18(27)22-20(24)29)12(8-13(21-17)11(2)3)19(28)23(9-14(25)30-4)10-15(26)31-5/h8,11H,6-7,9-10H2,1-5H3,(H,22,27,29). The summed E-state index contributed by atoms with van der Waals surface area (Å²) >= 11 is 0. The van der Waals surface area contributed by atoms with Gasteiger partial charge < -0.3 is 14.4 Å². The number of aryl methyl sites for hydroxylation is 1. The number of fused-ring (bicyclic) bond motifs is 1. The molecule has 1 amide bonds. The van der Waals surface area contributed by atoms with Crippen LogP contribution in [-0.4, -0.2) is 64.6 Å². The molecule has 0 aliphatic rings. The molecule has 0 radical (unpaired) electrons. The number of pyridine rings is 1. The van der Waals surface area contributed by atoms with Crippen LogP contribution in [0.2, 0.25) is 0 Å². The highest BCUT2D eigenvalue weighted by Crippen LogP contribution is 2.21. The lowest BCUT2D eigenvalue weighted by Gasteiger charge is -2.22. The number of H-pyrrole nitrogens is 1. The Balaban J connectivity index is 2.81. The van der Waals surface area contributed by atoms with Crippen LogP contribution in [0.4, 0.5) is 0 Å². The van der Waals surface area contributed by atoms with E-state index < -0.39 is 42.2 Å². The number of amides is 1. The van der Waals surface area contributed by atoms with Crippen molar-refractivity contribution in [2.45, 2.75) is 39.7 Å². The summed E-state index contributed by atoms with van der Waals surface area (Å²) in [5.74, 6) is -2.40. The zero-order valence-electron chi connectivity index (χ0n) is 18.2. The van der Waals surface area contributed by atoms with Gasteiger partial charge in [-0.15, -0.1) is 0 Å². The summed E-state index contributed by atoms with van der Waals surface area (Å²) in [6, 6.07) is 1.44. The topological polar surface area (TPSA) is 141 Å². The Hall–Kier alpha value is -3.50. The number of rotatable bonds is 8. The molecule has 0 spiro atoms. The molecule has 0 unspecified atom stereocenters. The Kier molecular flexibility index (Phi) is 7.67. The van der Waals surface area contributed by atoms with Crippen molar-refractivity contribution in [3.05, 3.63) is 38.2 Å². The fourth-order valence-corrected chi connectivity index (χ4v) is 3.00. The van der Waals surface area contributed by atoms with Crippen molar-refractivity contribution in [3.8, 4) is 0 Å². The third-order valence-electron chi connectivity index (χ3n) is 4.62. The van der Waals surface area contributed by atoms with Crippen LogP contribution < -0.4 is 11.2 Å². The number of aromatic nitrogens is 3. The average molecular weight is 434 g/mol. The maximum atomic E-state index is 13.4. The molecule has 2 heterocycles. The van der Waals surface area contributed by atoms with Crippen molar-refractivity contribution in [1.82, 2.24) is 19.4 Å². The fraction of sp³-hybridized carbons (Fsp3) is 0.500. The summed E-state index contributed by atoms with van der Waals surface area (Å²) in [5, 5.41) is -0.0952. The van der Waals surface area contributed by atoms with Crippen LogP contribution in [-0.2, 0) is 25.6 Å². The first-order valence-corrected chi connectivity index (χ1v) is 9.75. The third kappa shape index (κ3) is 5.16. The second kappa shape index (κ2) is 10.0. The van der Waals surface area contributed by atoms with E-state index in [1.807, 2.05) is 20.8 Å². The number of nitrogens with zero attached hydrogens (tertiary/aromatic N) is 3. The molecule has 0 saturated heterocycles. The molecule has 0 saturated carbocycles. The van der Waals surface area contributed by atoms with Crippen LogP contribution in [0.15, 0.2) is 15.7 Å². The zero-order chi connectivity index (χ0) is 23.3.